The van der Waals surface area contributed by atoms with Crippen molar-refractivity contribution >= 4 is 17.6 Å². The van der Waals surface area contributed by atoms with Crippen LogP contribution in [-0.2, 0) is 9.53 Å². The minimum atomic E-state index is -4.42. The smallest absolute Gasteiger partial charge is 0.408 e. The second kappa shape index (κ2) is 11.5. The van der Waals surface area contributed by atoms with Gasteiger partial charge in [0, 0.05) is 19.3 Å². The summed E-state index contributed by atoms with van der Waals surface area (Å²) in [6.07, 6.45) is -1.41. The summed E-state index contributed by atoms with van der Waals surface area (Å²) in [7, 11) is 0. The minimum absolute atomic E-state index is 0.0685. The third-order valence-electron chi connectivity index (χ3n) is 7.52. The van der Waals surface area contributed by atoms with Crippen molar-refractivity contribution in [3.8, 4) is 0 Å². The van der Waals surface area contributed by atoms with Crippen LogP contribution in [0.15, 0.2) is 18.5 Å². The number of amides is 2. The first kappa shape index (κ1) is 30.0. The molecule has 2 aromatic rings. The number of hydrogen-bond donors (Lipinski definition) is 2. The minimum Gasteiger partial charge on any atom is -0.444 e. The Morgan fingerprint density at radius 1 is 1.07 bits per heavy atom. The third-order valence-corrected chi connectivity index (χ3v) is 7.52. The van der Waals surface area contributed by atoms with Crippen LogP contribution in [0, 0.1) is 11.8 Å². The highest BCUT2D eigenvalue weighted by atomic mass is 19.4. The van der Waals surface area contributed by atoms with Crippen molar-refractivity contribution in [2.45, 2.75) is 108 Å². The molecule has 222 valence electrons. The van der Waals surface area contributed by atoms with E-state index >= 15 is 0 Å². The number of aromatic nitrogens is 3. The van der Waals surface area contributed by atoms with Gasteiger partial charge in [-0.2, -0.15) is 18.3 Å². The Bertz CT molecular complexity index is 1200. The van der Waals surface area contributed by atoms with E-state index in [1.807, 2.05) is 0 Å². The molecule has 0 radical (unpaired) electrons. The highest BCUT2D eigenvalue weighted by Gasteiger charge is 2.40. The Balaban J connectivity index is 1.58. The number of nitrogens with zero attached hydrogens (tertiary/aromatic N) is 3. The number of hydrogen-bond acceptors (Lipinski definition) is 5. The van der Waals surface area contributed by atoms with Crippen molar-refractivity contribution in [1.82, 2.24) is 25.2 Å². The normalized spacial score (nSPS) is 20.0. The maximum absolute atomic E-state index is 13.9. The van der Waals surface area contributed by atoms with Crippen LogP contribution in [0.4, 0.5) is 26.7 Å². The van der Waals surface area contributed by atoms with Crippen LogP contribution in [0.3, 0.4) is 0 Å². The van der Waals surface area contributed by atoms with Gasteiger partial charge >= 0.3 is 12.3 Å². The van der Waals surface area contributed by atoms with Gasteiger partial charge in [0.15, 0.2) is 5.65 Å². The van der Waals surface area contributed by atoms with Crippen molar-refractivity contribution in [3.05, 3.63) is 29.7 Å². The van der Waals surface area contributed by atoms with Gasteiger partial charge in [-0.1, -0.05) is 6.42 Å². The number of carbonyl (C=O) groups is 2. The number of fused-ring (bicyclic) bond motifs is 1. The van der Waals surface area contributed by atoms with E-state index in [0.717, 1.165) is 19.3 Å². The van der Waals surface area contributed by atoms with E-state index in [0.29, 0.717) is 16.9 Å². The lowest BCUT2D eigenvalue weighted by atomic mass is 9.77. The van der Waals surface area contributed by atoms with Gasteiger partial charge in [0.2, 0.25) is 11.8 Å². The molecule has 40 heavy (non-hydrogen) atoms. The van der Waals surface area contributed by atoms with Gasteiger partial charge in [-0.3, -0.25) is 4.79 Å². The van der Waals surface area contributed by atoms with Crippen LogP contribution < -0.4 is 10.6 Å². The molecule has 0 aliphatic heterocycles. The maximum atomic E-state index is 13.9. The van der Waals surface area contributed by atoms with Crippen molar-refractivity contribution in [2.24, 2.45) is 11.8 Å². The Labute approximate surface area is 229 Å². The van der Waals surface area contributed by atoms with Gasteiger partial charge in [-0.25, -0.2) is 23.1 Å². The topological polar surface area (TPSA) is 97.6 Å². The fourth-order valence-corrected chi connectivity index (χ4v) is 5.24. The first-order valence-electron chi connectivity index (χ1n) is 13.7. The van der Waals surface area contributed by atoms with Gasteiger partial charge in [0.25, 0.3) is 0 Å². The van der Waals surface area contributed by atoms with E-state index in [-0.39, 0.29) is 37.5 Å². The molecule has 0 unspecified atom stereocenters. The summed E-state index contributed by atoms with van der Waals surface area (Å²) in [4.78, 5) is 29.7. The van der Waals surface area contributed by atoms with E-state index in [4.69, 9.17) is 4.74 Å². The number of rotatable bonds is 8. The first-order valence-corrected chi connectivity index (χ1v) is 13.7. The largest absolute Gasteiger partial charge is 0.444 e. The zero-order valence-corrected chi connectivity index (χ0v) is 22.9. The molecule has 2 atom stereocenters. The fourth-order valence-electron chi connectivity index (χ4n) is 5.24. The highest BCUT2D eigenvalue weighted by Crippen LogP contribution is 2.42. The number of alkyl carbamates (subject to hydrolysis) is 1. The van der Waals surface area contributed by atoms with Crippen LogP contribution in [-0.4, -0.2) is 44.3 Å². The number of ether oxygens (including phenoxy) is 1. The standard InChI is InChI=1S/C27H36F5N5O3/c1-25(2,3)40-24(39)36-23(17-7-10-26(28,29)11-8-17)19-15-37-20(34-19)13-18(14-33-37)22(16-5-4-6-16)35-21(38)9-12-27(30,31)32/h13-17,22-23H,4-12H2,1-3H3,(H,35,38)(H,36,39)/t22-,23+/m1/s1. The van der Waals surface area contributed by atoms with Gasteiger partial charge in [0.05, 0.1) is 36.6 Å². The van der Waals surface area contributed by atoms with Crippen LogP contribution >= 0.6 is 0 Å². The molecule has 2 amide bonds. The number of alkyl halides is 5. The van der Waals surface area contributed by atoms with Crippen molar-refractivity contribution < 1.29 is 36.3 Å². The van der Waals surface area contributed by atoms with E-state index < -0.39 is 54.6 Å². The third kappa shape index (κ3) is 8.03. The molecule has 2 saturated carbocycles. The van der Waals surface area contributed by atoms with E-state index in [2.05, 4.69) is 20.7 Å². The van der Waals surface area contributed by atoms with Gasteiger partial charge in [-0.05, 0) is 69.9 Å². The Kier molecular flexibility index (Phi) is 8.60. The molecule has 0 saturated heterocycles. The second-order valence-corrected chi connectivity index (χ2v) is 11.9. The van der Waals surface area contributed by atoms with Crippen LogP contribution in [0.1, 0.15) is 102 Å². The van der Waals surface area contributed by atoms with Gasteiger partial charge < -0.3 is 15.4 Å². The summed E-state index contributed by atoms with van der Waals surface area (Å²) in [6.45, 7) is 5.17. The zero-order chi connectivity index (χ0) is 29.3. The molecule has 0 aromatic carbocycles. The molecule has 2 aromatic heterocycles. The first-order chi connectivity index (χ1) is 18.6. The molecule has 0 spiro atoms. The number of carbonyl (C=O) groups excluding carboxylic acids is 2. The van der Waals surface area contributed by atoms with Crippen LogP contribution in [0.25, 0.3) is 5.65 Å². The second-order valence-electron chi connectivity index (χ2n) is 11.9. The van der Waals surface area contributed by atoms with Gasteiger partial charge in [0.1, 0.15) is 5.60 Å². The Hall–Kier alpha value is -2.99. The van der Waals surface area contributed by atoms with Crippen LogP contribution in [0.2, 0.25) is 0 Å². The van der Waals surface area contributed by atoms with E-state index in [9.17, 15) is 31.5 Å². The lowest BCUT2D eigenvalue weighted by Crippen LogP contribution is -2.40. The van der Waals surface area contributed by atoms with Crippen molar-refractivity contribution in [3.63, 3.8) is 0 Å². The molecule has 13 heteroatoms. The number of nitrogens with one attached hydrogen (secondary N) is 2. The highest BCUT2D eigenvalue weighted by molar-refractivity contribution is 5.76. The molecule has 2 aliphatic rings. The summed E-state index contributed by atoms with van der Waals surface area (Å²) in [5, 5.41) is 9.97. The number of imidazole rings is 1. The van der Waals surface area contributed by atoms with Gasteiger partial charge in [-0.15, -0.1) is 0 Å². The SMILES string of the molecule is CC(C)(C)OC(=O)N[C@H](c1cn2ncc([C@H](NC(=O)CCC(F)(F)F)C3CCC3)cc2n1)C1CCC(F)(F)CC1. The monoisotopic (exact) mass is 573 g/mol. The Morgan fingerprint density at radius 2 is 1.73 bits per heavy atom. The summed E-state index contributed by atoms with van der Waals surface area (Å²) in [5.74, 6) is -3.66. The predicted octanol–water partition coefficient (Wildman–Crippen LogP) is 6.42. The average Bonchev–Trinajstić information content (AvgIpc) is 3.21. The molecule has 8 nitrogen and oxygen atoms in total. The van der Waals surface area contributed by atoms with E-state index in [1.54, 1.807) is 39.2 Å². The summed E-state index contributed by atoms with van der Waals surface area (Å²) in [5.41, 5.74) is 0.687. The Morgan fingerprint density at radius 3 is 2.30 bits per heavy atom. The molecule has 2 fully saturated rings. The van der Waals surface area contributed by atoms with Crippen molar-refractivity contribution in [1.29, 1.82) is 0 Å². The molecule has 2 heterocycles. The van der Waals surface area contributed by atoms with Crippen molar-refractivity contribution in [2.75, 3.05) is 0 Å². The fraction of sp³-hybridized carbons (Fsp3) is 0.704. The quantitative estimate of drug-likeness (QED) is 0.355. The molecule has 0 bridgehead atoms. The molecule has 2 aliphatic carbocycles. The number of halogens is 5. The summed E-state index contributed by atoms with van der Waals surface area (Å²) < 4.78 is 72.5. The van der Waals surface area contributed by atoms with E-state index in [1.165, 1.54) is 4.52 Å². The van der Waals surface area contributed by atoms with Crippen LogP contribution in [0.5, 0.6) is 0 Å². The maximum Gasteiger partial charge on any atom is 0.408 e. The zero-order valence-electron chi connectivity index (χ0n) is 22.9. The predicted molar refractivity (Wildman–Crippen MR) is 136 cm³/mol. The molecular formula is C27H36F5N5O3. The lowest BCUT2D eigenvalue weighted by Gasteiger charge is -2.34. The average molecular weight is 574 g/mol. The summed E-state index contributed by atoms with van der Waals surface area (Å²) >= 11 is 0. The molecule has 2 N–H and O–H groups in total. The molecule has 4 rings (SSSR count). The summed E-state index contributed by atoms with van der Waals surface area (Å²) in [6, 6.07) is 0.507. The lowest BCUT2D eigenvalue weighted by molar-refractivity contribution is -0.144. The molecular weight excluding hydrogens is 537 g/mol.